The Morgan fingerprint density at radius 2 is 1.71 bits per heavy atom. The maximum atomic E-state index is 13.2. The van der Waals surface area contributed by atoms with Crippen molar-refractivity contribution in [1.29, 1.82) is 0 Å². The van der Waals surface area contributed by atoms with E-state index in [4.69, 9.17) is 4.74 Å². The van der Waals surface area contributed by atoms with Crippen LogP contribution in [0.2, 0.25) is 0 Å². The number of hydrogen-bond acceptors (Lipinski definition) is 3. The van der Waals surface area contributed by atoms with Crippen molar-refractivity contribution in [2.45, 2.75) is 33.7 Å². The van der Waals surface area contributed by atoms with Gasteiger partial charge in [0.1, 0.15) is 11.4 Å². The molecule has 0 saturated heterocycles. The summed E-state index contributed by atoms with van der Waals surface area (Å²) >= 11 is 0. The summed E-state index contributed by atoms with van der Waals surface area (Å²) in [5, 5.41) is 4.11. The zero-order chi connectivity index (χ0) is 21.8. The molecule has 31 heavy (non-hydrogen) atoms. The van der Waals surface area contributed by atoms with Gasteiger partial charge >= 0.3 is 0 Å². The normalized spacial score (nSPS) is 10.9. The SMILES string of the molecule is CCOc1ccc2c(c1)c(C)c(C(=O)Nc1ccc(Cc3ccncc3)cc1)n2CC. The molecule has 0 spiro atoms. The molecular formula is C26H27N3O2. The number of aryl methyl sites for hydroxylation is 2. The van der Waals surface area contributed by atoms with E-state index in [2.05, 4.69) is 21.8 Å². The number of amides is 1. The highest BCUT2D eigenvalue weighted by molar-refractivity contribution is 6.08. The fourth-order valence-corrected chi connectivity index (χ4v) is 4.01. The zero-order valence-corrected chi connectivity index (χ0v) is 18.2. The molecule has 2 aromatic carbocycles. The Kier molecular flexibility index (Phi) is 6.03. The second kappa shape index (κ2) is 9.04. The Morgan fingerprint density at radius 1 is 1.00 bits per heavy atom. The van der Waals surface area contributed by atoms with Crippen LogP contribution in [0.3, 0.4) is 0 Å². The van der Waals surface area contributed by atoms with Crippen LogP contribution in [0.25, 0.3) is 10.9 Å². The van der Waals surface area contributed by atoms with E-state index >= 15 is 0 Å². The van der Waals surface area contributed by atoms with Gasteiger partial charge in [0.05, 0.1) is 6.61 Å². The van der Waals surface area contributed by atoms with E-state index in [0.717, 1.165) is 34.3 Å². The topological polar surface area (TPSA) is 56.1 Å². The Labute approximate surface area is 182 Å². The predicted octanol–water partition coefficient (Wildman–Crippen LogP) is 5.61. The van der Waals surface area contributed by atoms with Gasteiger partial charge in [-0.15, -0.1) is 0 Å². The van der Waals surface area contributed by atoms with E-state index in [1.165, 1.54) is 11.1 Å². The summed E-state index contributed by atoms with van der Waals surface area (Å²) in [7, 11) is 0. The summed E-state index contributed by atoms with van der Waals surface area (Å²) in [6, 6.07) is 18.0. The molecule has 158 valence electrons. The van der Waals surface area contributed by atoms with Crippen molar-refractivity contribution in [3.8, 4) is 5.75 Å². The lowest BCUT2D eigenvalue weighted by molar-refractivity contribution is 0.101. The molecule has 2 aromatic heterocycles. The number of aromatic nitrogens is 2. The monoisotopic (exact) mass is 413 g/mol. The molecule has 4 rings (SSSR count). The first-order chi connectivity index (χ1) is 15.1. The lowest BCUT2D eigenvalue weighted by Gasteiger charge is -2.11. The van der Waals surface area contributed by atoms with Gasteiger partial charge in [0.25, 0.3) is 5.91 Å². The number of nitrogens with one attached hydrogen (secondary N) is 1. The van der Waals surface area contributed by atoms with Crippen molar-refractivity contribution < 1.29 is 9.53 Å². The average molecular weight is 414 g/mol. The Hall–Kier alpha value is -3.60. The molecule has 1 N–H and O–H groups in total. The molecule has 2 heterocycles. The number of anilines is 1. The molecular weight excluding hydrogens is 386 g/mol. The number of carbonyl (C=O) groups is 1. The van der Waals surface area contributed by atoms with E-state index in [0.29, 0.717) is 18.8 Å². The number of benzene rings is 2. The van der Waals surface area contributed by atoms with E-state index in [1.807, 2.05) is 68.4 Å². The van der Waals surface area contributed by atoms with Gasteiger partial charge in [0, 0.05) is 35.5 Å². The third kappa shape index (κ3) is 4.31. The lowest BCUT2D eigenvalue weighted by atomic mass is 10.1. The lowest BCUT2D eigenvalue weighted by Crippen LogP contribution is -2.17. The largest absolute Gasteiger partial charge is 0.494 e. The molecule has 0 saturated carbocycles. The second-order valence-corrected chi connectivity index (χ2v) is 7.51. The van der Waals surface area contributed by atoms with Gasteiger partial charge in [-0.3, -0.25) is 9.78 Å². The van der Waals surface area contributed by atoms with Crippen LogP contribution in [-0.4, -0.2) is 22.1 Å². The van der Waals surface area contributed by atoms with Gasteiger partial charge in [0.15, 0.2) is 0 Å². The van der Waals surface area contributed by atoms with Crippen molar-refractivity contribution >= 4 is 22.5 Å². The molecule has 0 atom stereocenters. The minimum Gasteiger partial charge on any atom is -0.494 e. The Balaban J connectivity index is 1.57. The standard InChI is InChI=1S/C26H27N3O2/c1-4-29-24-11-10-22(31-5-2)17-23(24)18(3)25(29)26(30)28-21-8-6-19(7-9-21)16-20-12-14-27-15-13-20/h6-15,17H,4-5,16H2,1-3H3,(H,28,30). The number of fused-ring (bicyclic) bond motifs is 1. The summed E-state index contributed by atoms with van der Waals surface area (Å²) < 4.78 is 7.71. The van der Waals surface area contributed by atoms with Crippen LogP contribution in [-0.2, 0) is 13.0 Å². The van der Waals surface area contributed by atoms with Crippen molar-refractivity contribution in [3.05, 3.63) is 89.4 Å². The average Bonchev–Trinajstić information content (AvgIpc) is 3.07. The summed E-state index contributed by atoms with van der Waals surface area (Å²) in [5.74, 6) is 0.721. The van der Waals surface area contributed by atoms with Crippen LogP contribution >= 0.6 is 0 Å². The molecule has 5 heteroatoms. The smallest absolute Gasteiger partial charge is 0.272 e. The predicted molar refractivity (Wildman–Crippen MR) is 125 cm³/mol. The summed E-state index contributed by atoms with van der Waals surface area (Å²) in [4.78, 5) is 17.3. The van der Waals surface area contributed by atoms with Crippen molar-refractivity contribution in [1.82, 2.24) is 9.55 Å². The highest BCUT2D eigenvalue weighted by atomic mass is 16.5. The van der Waals surface area contributed by atoms with Crippen molar-refractivity contribution in [3.63, 3.8) is 0 Å². The highest BCUT2D eigenvalue weighted by Crippen LogP contribution is 2.30. The van der Waals surface area contributed by atoms with Crippen LogP contribution in [0.1, 0.15) is 41.0 Å². The molecule has 0 bridgehead atoms. The van der Waals surface area contributed by atoms with Gasteiger partial charge in [0.2, 0.25) is 0 Å². The van der Waals surface area contributed by atoms with E-state index in [9.17, 15) is 4.79 Å². The third-order valence-corrected chi connectivity index (χ3v) is 5.50. The molecule has 0 radical (unpaired) electrons. The number of nitrogens with zero attached hydrogens (tertiary/aromatic N) is 2. The van der Waals surface area contributed by atoms with Gasteiger partial charge in [-0.05, 0) is 86.3 Å². The Morgan fingerprint density at radius 3 is 2.39 bits per heavy atom. The van der Waals surface area contributed by atoms with E-state index < -0.39 is 0 Å². The van der Waals surface area contributed by atoms with E-state index in [-0.39, 0.29) is 5.91 Å². The maximum Gasteiger partial charge on any atom is 0.272 e. The zero-order valence-electron chi connectivity index (χ0n) is 18.2. The quantitative estimate of drug-likeness (QED) is 0.429. The van der Waals surface area contributed by atoms with Gasteiger partial charge in [-0.25, -0.2) is 0 Å². The van der Waals surface area contributed by atoms with Crippen LogP contribution < -0.4 is 10.1 Å². The van der Waals surface area contributed by atoms with Crippen LogP contribution in [0.15, 0.2) is 67.0 Å². The molecule has 5 nitrogen and oxygen atoms in total. The fourth-order valence-electron chi connectivity index (χ4n) is 4.01. The molecule has 0 aliphatic rings. The van der Waals surface area contributed by atoms with Crippen LogP contribution in [0, 0.1) is 6.92 Å². The second-order valence-electron chi connectivity index (χ2n) is 7.51. The third-order valence-electron chi connectivity index (χ3n) is 5.50. The number of rotatable bonds is 7. The Bertz CT molecular complexity index is 1200. The highest BCUT2D eigenvalue weighted by Gasteiger charge is 2.20. The minimum atomic E-state index is -0.101. The molecule has 1 amide bonds. The number of carbonyl (C=O) groups excluding carboxylic acids is 1. The molecule has 0 unspecified atom stereocenters. The number of pyridine rings is 1. The first kappa shape index (κ1) is 20.7. The molecule has 4 aromatic rings. The molecule has 0 aliphatic heterocycles. The molecule has 0 aliphatic carbocycles. The fraction of sp³-hybridized carbons (Fsp3) is 0.231. The van der Waals surface area contributed by atoms with Gasteiger partial charge in [-0.2, -0.15) is 0 Å². The number of hydrogen-bond donors (Lipinski definition) is 1. The summed E-state index contributed by atoms with van der Waals surface area (Å²) in [5.41, 5.74) is 5.87. The first-order valence-corrected chi connectivity index (χ1v) is 10.7. The minimum absolute atomic E-state index is 0.101. The first-order valence-electron chi connectivity index (χ1n) is 10.7. The summed E-state index contributed by atoms with van der Waals surface area (Å²) in [6.07, 6.45) is 4.44. The maximum absolute atomic E-state index is 13.2. The molecule has 0 fully saturated rings. The van der Waals surface area contributed by atoms with E-state index in [1.54, 1.807) is 12.4 Å². The summed E-state index contributed by atoms with van der Waals surface area (Å²) in [6.45, 7) is 7.35. The van der Waals surface area contributed by atoms with Crippen molar-refractivity contribution in [2.24, 2.45) is 0 Å². The number of ether oxygens (including phenoxy) is 1. The van der Waals surface area contributed by atoms with Crippen molar-refractivity contribution in [2.75, 3.05) is 11.9 Å². The van der Waals surface area contributed by atoms with Gasteiger partial charge < -0.3 is 14.6 Å². The van der Waals surface area contributed by atoms with Crippen LogP contribution in [0.4, 0.5) is 5.69 Å². The van der Waals surface area contributed by atoms with Gasteiger partial charge in [-0.1, -0.05) is 12.1 Å². The van der Waals surface area contributed by atoms with Crippen LogP contribution in [0.5, 0.6) is 5.75 Å².